The molecule has 0 rings (SSSR count). The van der Waals surface area contributed by atoms with Crippen molar-refractivity contribution in [3.05, 3.63) is 0 Å². The minimum absolute atomic E-state index is 0.0190. The molecule has 0 aliphatic heterocycles. The van der Waals surface area contributed by atoms with E-state index >= 15 is 0 Å². The molecule has 1 atom stereocenters. The van der Waals surface area contributed by atoms with Crippen LogP contribution in [0.3, 0.4) is 0 Å². The number of rotatable bonds is 8. The van der Waals surface area contributed by atoms with E-state index < -0.39 is 28.5 Å². The molecule has 0 radical (unpaired) electrons. The number of methoxy groups -OCH3 is 1. The first-order chi connectivity index (χ1) is 8.26. The van der Waals surface area contributed by atoms with Crippen LogP contribution in [0.1, 0.15) is 20.3 Å². The summed E-state index contributed by atoms with van der Waals surface area (Å²) in [6.45, 7) is 3.29. The molecule has 0 spiro atoms. The van der Waals surface area contributed by atoms with Crippen molar-refractivity contribution in [3.63, 3.8) is 0 Å². The Morgan fingerprint density at radius 2 is 2.00 bits per heavy atom. The molecular formula is C9H20N2O6S. The van der Waals surface area contributed by atoms with Crippen LogP contribution >= 0.6 is 0 Å². The van der Waals surface area contributed by atoms with E-state index in [0.29, 0.717) is 0 Å². The second-order valence-electron chi connectivity index (χ2n) is 3.85. The Kier molecular flexibility index (Phi) is 7.83. The summed E-state index contributed by atoms with van der Waals surface area (Å²) in [4.78, 5) is 11.0. The Bertz CT molecular complexity index is 343. The van der Waals surface area contributed by atoms with Crippen molar-refractivity contribution in [1.82, 2.24) is 9.44 Å². The van der Waals surface area contributed by atoms with Gasteiger partial charge in [0.2, 0.25) is 0 Å². The van der Waals surface area contributed by atoms with Crippen molar-refractivity contribution in [2.75, 3.05) is 20.3 Å². The van der Waals surface area contributed by atoms with Crippen LogP contribution in [0.4, 0.5) is 4.79 Å². The molecule has 1 unspecified atom stereocenters. The van der Waals surface area contributed by atoms with E-state index in [2.05, 4.69) is 14.2 Å². The van der Waals surface area contributed by atoms with Crippen molar-refractivity contribution >= 4 is 16.3 Å². The van der Waals surface area contributed by atoms with Crippen LogP contribution in [0.15, 0.2) is 0 Å². The zero-order valence-corrected chi connectivity index (χ0v) is 11.5. The van der Waals surface area contributed by atoms with Gasteiger partial charge in [-0.3, -0.25) is 0 Å². The normalized spacial score (nSPS) is 13.4. The molecule has 0 aliphatic carbocycles. The number of carbonyl (C=O) groups excluding carboxylic acids is 1. The maximum atomic E-state index is 11.3. The van der Waals surface area contributed by atoms with Gasteiger partial charge in [-0.25, -0.2) is 9.52 Å². The van der Waals surface area contributed by atoms with E-state index in [0.717, 1.165) is 0 Å². The summed E-state index contributed by atoms with van der Waals surface area (Å²) in [6, 6.07) is 0. The number of nitrogens with one attached hydrogen (secondary N) is 2. The Balaban J connectivity index is 3.97. The lowest BCUT2D eigenvalue weighted by molar-refractivity contribution is 0.0603. The molecule has 0 heterocycles. The lowest BCUT2D eigenvalue weighted by atomic mass is 10.3. The van der Waals surface area contributed by atoms with Crippen molar-refractivity contribution in [2.45, 2.75) is 32.5 Å². The minimum Gasteiger partial charge on any atom is -0.446 e. The molecule has 0 aromatic carbocycles. The first kappa shape index (κ1) is 17.1. The predicted molar refractivity (Wildman–Crippen MR) is 64.2 cm³/mol. The van der Waals surface area contributed by atoms with Crippen molar-refractivity contribution in [2.24, 2.45) is 0 Å². The molecule has 9 heteroatoms. The fourth-order valence-corrected chi connectivity index (χ4v) is 1.75. The van der Waals surface area contributed by atoms with Crippen LogP contribution in [-0.2, 0) is 19.7 Å². The van der Waals surface area contributed by atoms with Gasteiger partial charge in [-0.15, -0.1) is 0 Å². The summed E-state index contributed by atoms with van der Waals surface area (Å²) in [5, 5.41) is 9.27. The van der Waals surface area contributed by atoms with Gasteiger partial charge in [0, 0.05) is 13.7 Å². The van der Waals surface area contributed by atoms with Crippen molar-refractivity contribution in [1.29, 1.82) is 0 Å². The minimum atomic E-state index is -3.96. The number of ether oxygens (including phenoxy) is 2. The highest BCUT2D eigenvalue weighted by Crippen LogP contribution is 1.93. The van der Waals surface area contributed by atoms with Gasteiger partial charge in [0.05, 0.1) is 18.8 Å². The molecule has 0 aliphatic rings. The molecule has 8 nitrogen and oxygen atoms in total. The standard InChI is InChI=1S/C9H20N2O6S/c1-7(2)17-9(13)11-18(14,15)10-5-4-8(12)6-16-3/h7-8,10,12H,4-6H2,1-3H3,(H,11,13). The molecule has 0 aromatic rings. The van der Waals surface area contributed by atoms with E-state index in [1.165, 1.54) is 7.11 Å². The van der Waals surface area contributed by atoms with Gasteiger partial charge in [0.1, 0.15) is 0 Å². The van der Waals surface area contributed by atoms with Crippen LogP contribution < -0.4 is 9.44 Å². The zero-order valence-electron chi connectivity index (χ0n) is 10.7. The summed E-state index contributed by atoms with van der Waals surface area (Å²) in [7, 11) is -2.54. The fourth-order valence-electron chi connectivity index (χ4n) is 1.02. The van der Waals surface area contributed by atoms with E-state index in [1.54, 1.807) is 18.6 Å². The van der Waals surface area contributed by atoms with Gasteiger partial charge < -0.3 is 14.6 Å². The summed E-state index contributed by atoms with van der Waals surface area (Å²) >= 11 is 0. The second kappa shape index (κ2) is 8.25. The van der Waals surface area contributed by atoms with Gasteiger partial charge in [-0.2, -0.15) is 13.1 Å². The first-order valence-electron chi connectivity index (χ1n) is 5.42. The highest BCUT2D eigenvalue weighted by atomic mass is 32.2. The molecular weight excluding hydrogens is 264 g/mol. The number of hydrogen-bond acceptors (Lipinski definition) is 6. The van der Waals surface area contributed by atoms with Gasteiger partial charge in [0.15, 0.2) is 0 Å². The topological polar surface area (TPSA) is 114 Å². The summed E-state index contributed by atoms with van der Waals surface area (Å²) in [5.74, 6) is 0. The second-order valence-corrected chi connectivity index (χ2v) is 5.35. The Labute approximate surface area is 107 Å². The van der Waals surface area contributed by atoms with E-state index in [9.17, 15) is 18.3 Å². The SMILES string of the molecule is COCC(O)CCNS(=O)(=O)NC(=O)OC(C)C. The number of amides is 1. The molecule has 0 saturated carbocycles. The summed E-state index contributed by atoms with van der Waals surface area (Å²) in [5.41, 5.74) is 0. The molecule has 0 fully saturated rings. The van der Waals surface area contributed by atoms with Gasteiger partial charge in [0.25, 0.3) is 0 Å². The zero-order chi connectivity index (χ0) is 14.2. The Hall–Kier alpha value is -0.900. The summed E-state index contributed by atoms with van der Waals surface area (Å²) in [6.07, 6.45) is -2.05. The Morgan fingerprint density at radius 1 is 1.39 bits per heavy atom. The van der Waals surface area contributed by atoms with Crippen molar-refractivity contribution < 1.29 is 27.8 Å². The van der Waals surface area contributed by atoms with Gasteiger partial charge >= 0.3 is 16.3 Å². The third-order valence-electron chi connectivity index (χ3n) is 1.69. The smallest absolute Gasteiger partial charge is 0.422 e. The van der Waals surface area contributed by atoms with Crippen molar-refractivity contribution in [3.8, 4) is 0 Å². The lowest BCUT2D eigenvalue weighted by Gasteiger charge is -2.12. The monoisotopic (exact) mass is 284 g/mol. The summed E-state index contributed by atoms with van der Waals surface area (Å²) < 4.78 is 35.7. The molecule has 0 saturated heterocycles. The van der Waals surface area contributed by atoms with Gasteiger partial charge in [-0.05, 0) is 20.3 Å². The van der Waals surface area contributed by atoms with Crippen LogP contribution in [0.2, 0.25) is 0 Å². The van der Waals surface area contributed by atoms with Crippen LogP contribution in [-0.4, -0.2) is 52.1 Å². The van der Waals surface area contributed by atoms with Gasteiger partial charge in [-0.1, -0.05) is 0 Å². The predicted octanol–water partition coefficient (Wildman–Crippen LogP) is -0.647. The average Bonchev–Trinajstić information content (AvgIpc) is 2.14. The van der Waals surface area contributed by atoms with E-state index in [4.69, 9.17) is 0 Å². The highest BCUT2D eigenvalue weighted by molar-refractivity contribution is 7.88. The number of aliphatic hydroxyl groups is 1. The quantitative estimate of drug-likeness (QED) is 0.546. The first-order valence-corrected chi connectivity index (χ1v) is 6.90. The van der Waals surface area contributed by atoms with E-state index in [1.807, 2.05) is 0 Å². The fraction of sp³-hybridized carbons (Fsp3) is 0.889. The maximum absolute atomic E-state index is 11.3. The largest absolute Gasteiger partial charge is 0.446 e. The molecule has 3 N–H and O–H groups in total. The third kappa shape index (κ3) is 9.16. The number of hydrogen-bond donors (Lipinski definition) is 3. The van der Waals surface area contributed by atoms with Crippen LogP contribution in [0.5, 0.6) is 0 Å². The molecule has 1 amide bonds. The van der Waals surface area contributed by atoms with Crippen LogP contribution in [0, 0.1) is 0 Å². The third-order valence-corrected chi connectivity index (χ3v) is 2.71. The highest BCUT2D eigenvalue weighted by Gasteiger charge is 2.16. The Morgan fingerprint density at radius 3 is 2.50 bits per heavy atom. The lowest BCUT2D eigenvalue weighted by Crippen LogP contribution is -2.42. The molecule has 108 valence electrons. The molecule has 0 aromatic heterocycles. The molecule has 18 heavy (non-hydrogen) atoms. The molecule has 0 bridgehead atoms. The number of carbonyl (C=O) groups is 1. The van der Waals surface area contributed by atoms with Crippen LogP contribution in [0.25, 0.3) is 0 Å². The van der Waals surface area contributed by atoms with E-state index in [-0.39, 0.29) is 19.6 Å². The number of aliphatic hydroxyl groups excluding tert-OH is 1. The average molecular weight is 284 g/mol. The maximum Gasteiger partial charge on any atom is 0.422 e.